The largest absolute Gasteiger partial charge is 0.483 e. The van der Waals surface area contributed by atoms with Crippen LogP contribution in [0.25, 0.3) is 0 Å². The summed E-state index contributed by atoms with van der Waals surface area (Å²) in [5.41, 5.74) is 6.93. The molecule has 0 fully saturated rings. The van der Waals surface area contributed by atoms with Crippen LogP contribution in [0, 0.1) is 6.92 Å². The molecule has 7 heteroatoms. The van der Waals surface area contributed by atoms with Crippen LogP contribution in [0.2, 0.25) is 0 Å². The molecule has 2 rings (SSSR count). The fourth-order valence-electron chi connectivity index (χ4n) is 1.98. The molecule has 2 amide bonds. The molecule has 0 aliphatic heterocycles. The number of carbonyl (C=O) groups is 2. The average molecular weight is 343 g/mol. The molecule has 0 spiro atoms. The molecule has 0 bridgehead atoms. The Morgan fingerprint density at radius 2 is 1.79 bits per heavy atom. The van der Waals surface area contributed by atoms with E-state index in [0.29, 0.717) is 11.4 Å². The van der Waals surface area contributed by atoms with Gasteiger partial charge in [0.05, 0.1) is 11.3 Å². The molecular formula is C17H17N3O3S. The predicted octanol–water partition coefficient (Wildman–Crippen LogP) is 1.99. The summed E-state index contributed by atoms with van der Waals surface area (Å²) in [6.07, 6.45) is 0. The van der Waals surface area contributed by atoms with E-state index in [2.05, 4.69) is 10.6 Å². The molecule has 0 heterocycles. The van der Waals surface area contributed by atoms with Gasteiger partial charge < -0.3 is 15.8 Å². The molecule has 0 unspecified atom stereocenters. The van der Waals surface area contributed by atoms with E-state index in [-0.39, 0.29) is 17.3 Å². The number of nitrogens with two attached hydrogens (primary N) is 1. The number of carbonyl (C=O) groups excluding carboxylic acids is 2. The summed E-state index contributed by atoms with van der Waals surface area (Å²) in [5.74, 6) is -0.368. The number of para-hydroxylation sites is 2. The zero-order valence-electron chi connectivity index (χ0n) is 13.0. The number of primary amides is 1. The van der Waals surface area contributed by atoms with Gasteiger partial charge in [-0.05, 0) is 42.9 Å². The number of hydrogen-bond donors (Lipinski definition) is 3. The van der Waals surface area contributed by atoms with Crippen molar-refractivity contribution in [2.45, 2.75) is 6.92 Å². The van der Waals surface area contributed by atoms with Crippen molar-refractivity contribution in [2.75, 3.05) is 11.9 Å². The Morgan fingerprint density at radius 1 is 1.12 bits per heavy atom. The summed E-state index contributed by atoms with van der Waals surface area (Å²) in [5, 5.41) is 5.32. The number of ether oxygens (including phenoxy) is 1. The van der Waals surface area contributed by atoms with E-state index in [1.807, 2.05) is 25.1 Å². The molecule has 2 aromatic carbocycles. The van der Waals surface area contributed by atoms with E-state index in [1.54, 1.807) is 30.3 Å². The smallest absolute Gasteiger partial charge is 0.264 e. The monoisotopic (exact) mass is 343 g/mol. The van der Waals surface area contributed by atoms with Crippen molar-refractivity contribution in [1.82, 2.24) is 5.32 Å². The molecule has 0 aliphatic rings. The van der Waals surface area contributed by atoms with E-state index in [4.69, 9.17) is 22.7 Å². The fraction of sp³-hybridized carbons (Fsp3) is 0.118. The first-order chi connectivity index (χ1) is 11.5. The number of amides is 2. The van der Waals surface area contributed by atoms with Gasteiger partial charge in [-0.25, -0.2) is 0 Å². The first-order valence-electron chi connectivity index (χ1n) is 7.15. The minimum Gasteiger partial charge on any atom is -0.483 e. The quantitative estimate of drug-likeness (QED) is 0.722. The number of benzene rings is 2. The molecule has 0 radical (unpaired) electrons. The van der Waals surface area contributed by atoms with Crippen molar-refractivity contribution in [3.05, 3.63) is 59.7 Å². The highest BCUT2D eigenvalue weighted by Crippen LogP contribution is 2.16. The van der Waals surface area contributed by atoms with Crippen molar-refractivity contribution in [1.29, 1.82) is 0 Å². The van der Waals surface area contributed by atoms with E-state index in [0.717, 1.165) is 5.56 Å². The Hall–Kier alpha value is -2.93. The highest BCUT2D eigenvalue weighted by Gasteiger charge is 2.11. The predicted molar refractivity (Wildman–Crippen MR) is 96.0 cm³/mol. The maximum absolute atomic E-state index is 11.9. The van der Waals surface area contributed by atoms with Crippen molar-refractivity contribution in [2.24, 2.45) is 5.73 Å². The standard InChI is InChI=1S/C17H17N3O3S/c1-11-6-2-5-9-14(11)23-10-15(21)20-17(24)19-13-8-4-3-7-12(13)16(18)22/h2-9H,10H2,1H3,(H2,18,22)(H2,19,20,21,24). The summed E-state index contributed by atoms with van der Waals surface area (Å²) in [6.45, 7) is 1.71. The second-order valence-electron chi connectivity index (χ2n) is 4.97. The van der Waals surface area contributed by atoms with Crippen molar-refractivity contribution < 1.29 is 14.3 Å². The minimum absolute atomic E-state index is 0.0575. The van der Waals surface area contributed by atoms with Crippen LogP contribution in [-0.2, 0) is 4.79 Å². The van der Waals surface area contributed by atoms with Crippen molar-refractivity contribution in [3.63, 3.8) is 0 Å². The van der Waals surface area contributed by atoms with Gasteiger partial charge in [-0.3, -0.25) is 14.9 Å². The maximum Gasteiger partial charge on any atom is 0.264 e. The Balaban J connectivity index is 1.90. The molecule has 0 saturated carbocycles. The van der Waals surface area contributed by atoms with Crippen LogP contribution < -0.4 is 21.1 Å². The van der Waals surface area contributed by atoms with Crippen LogP contribution in [0.1, 0.15) is 15.9 Å². The number of hydrogen-bond acceptors (Lipinski definition) is 4. The lowest BCUT2D eigenvalue weighted by atomic mass is 10.1. The first-order valence-corrected chi connectivity index (χ1v) is 7.56. The van der Waals surface area contributed by atoms with Gasteiger partial charge in [0.15, 0.2) is 11.7 Å². The molecule has 24 heavy (non-hydrogen) atoms. The normalized spacial score (nSPS) is 9.88. The van der Waals surface area contributed by atoms with Gasteiger partial charge in [0.2, 0.25) is 0 Å². The highest BCUT2D eigenvalue weighted by atomic mass is 32.1. The van der Waals surface area contributed by atoms with E-state index < -0.39 is 11.8 Å². The third-order valence-corrected chi connectivity index (χ3v) is 3.35. The maximum atomic E-state index is 11.9. The molecule has 2 aromatic rings. The van der Waals surface area contributed by atoms with Gasteiger partial charge in [-0.15, -0.1) is 0 Å². The lowest BCUT2D eigenvalue weighted by molar-refractivity contribution is -0.121. The number of anilines is 1. The fourth-order valence-corrected chi connectivity index (χ4v) is 2.21. The average Bonchev–Trinajstić information content (AvgIpc) is 2.54. The van der Waals surface area contributed by atoms with Gasteiger partial charge in [0, 0.05) is 0 Å². The van der Waals surface area contributed by atoms with Gasteiger partial charge in [0.25, 0.3) is 11.8 Å². The van der Waals surface area contributed by atoms with Crippen LogP contribution in [-0.4, -0.2) is 23.5 Å². The highest BCUT2D eigenvalue weighted by molar-refractivity contribution is 7.80. The molecule has 4 N–H and O–H groups in total. The van der Waals surface area contributed by atoms with Gasteiger partial charge in [-0.2, -0.15) is 0 Å². The van der Waals surface area contributed by atoms with Crippen molar-refractivity contribution >= 4 is 34.8 Å². The summed E-state index contributed by atoms with van der Waals surface area (Å²) in [4.78, 5) is 23.2. The lowest BCUT2D eigenvalue weighted by Gasteiger charge is -2.13. The zero-order chi connectivity index (χ0) is 17.5. The molecule has 0 atom stereocenters. The second-order valence-corrected chi connectivity index (χ2v) is 5.37. The molecule has 6 nitrogen and oxygen atoms in total. The molecule has 0 saturated heterocycles. The number of nitrogens with one attached hydrogen (secondary N) is 2. The van der Waals surface area contributed by atoms with Gasteiger partial charge in [0.1, 0.15) is 5.75 Å². The first kappa shape index (κ1) is 17.4. The second kappa shape index (κ2) is 8.07. The van der Waals surface area contributed by atoms with Crippen LogP contribution in [0.15, 0.2) is 48.5 Å². The van der Waals surface area contributed by atoms with E-state index in [9.17, 15) is 9.59 Å². The summed E-state index contributed by atoms with van der Waals surface area (Å²) in [7, 11) is 0. The van der Waals surface area contributed by atoms with Crippen molar-refractivity contribution in [3.8, 4) is 5.75 Å². The Kier molecular flexibility index (Phi) is 5.86. The molecule has 0 aromatic heterocycles. The number of aryl methyl sites for hydroxylation is 1. The third-order valence-electron chi connectivity index (χ3n) is 3.15. The molecule has 0 aliphatic carbocycles. The third kappa shape index (κ3) is 4.79. The van der Waals surface area contributed by atoms with Crippen LogP contribution in [0.4, 0.5) is 5.69 Å². The summed E-state index contributed by atoms with van der Waals surface area (Å²) < 4.78 is 5.44. The molecular weight excluding hydrogens is 326 g/mol. The summed E-state index contributed by atoms with van der Waals surface area (Å²) in [6, 6.07) is 14.0. The number of rotatable bonds is 5. The summed E-state index contributed by atoms with van der Waals surface area (Å²) >= 11 is 5.06. The lowest BCUT2D eigenvalue weighted by Crippen LogP contribution is -2.37. The van der Waals surface area contributed by atoms with Crippen LogP contribution >= 0.6 is 12.2 Å². The zero-order valence-corrected chi connectivity index (χ0v) is 13.9. The van der Waals surface area contributed by atoms with Crippen LogP contribution in [0.5, 0.6) is 5.75 Å². The van der Waals surface area contributed by atoms with E-state index >= 15 is 0 Å². The molecule has 124 valence electrons. The minimum atomic E-state index is -0.588. The van der Waals surface area contributed by atoms with Gasteiger partial charge in [-0.1, -0.05) is 30.3 Å². The number of thiocarbonyl (C=S) groups is 1. The topological polar surface area (TPSA) is 93.4 Å². The SMILES string of the molecule is Cc1ccccc1OCC(=O)NC(=S)Nc1ccccc1C(N)=O. The van der Waals surface area contributed by atoms with E-state index in [1.165, 1.54) is 0 Å². The van der Waals surface area contributed by atoms with Gasteiger partial charge >= 0.3 is 0 Å². The van der Waals surface area contributed by atoms with Crippen LogP contribution in [0.3, 0.4) is 0 Å². The Bertz CT molecular complexity index is 777. The Morgan fingerprint density at radius 3 is 2.50 bits per heavy atom. The Labute approximate surface area is 145 Å².